The standard InChI is InChI=1S/C13H16N4O2/c1-2-19-13(18)9-7-11(17-5-3-4-6-17)15-12-10(9)8-14-16-12/h7-8H,2-6H2,1H3,(H,14,15,16). The molecule has 2 aromatic rings. The number of ether oxygens (including phenoxy) is 1. The van der Waals surface area contributed by atoms with Crippen molar-refractivity contribution in [1.29, 1.82) is 0 Å². The molecule has 6 heteroatoms. The molecule has 0 bridgehead atoms. The van der Waals surface area contributed by atoms with Crippen LogP contribution in [0, 0.1) is 0 Å². The Balaban J connectivity index is 2.07. The molecule has 0 saturated carbocycles. The summed E-state index contributed by atoms with van der Waals surface area (Å²) in [7, 11) is 0. The number of aromatic nitrogens is 3. The minimum absolute atomic E-state index is 0.322. The van der Waals surface area contributed by atoms with Crippen LogP contribution in [0.2, 0.25) is 0 Å². The molecule has 1 aliphatic heterocycles. The van der Waals surface area contributed by atoms with Crippen molar-refractivity contribution in [2.75, 3.05) is 24.6 Å². The molecule has 1 saturated heterocycles. The number of nitrogens with zero attached hydrogens (tertiary/aromatic N) is 3. The van der Waals surface area contributed by atoms with E-state index in [4.69, 9.17) is 4.74 Å². The fraction of sp³-hybridized carbons (Fsp3) is 0.462. The van der Waals surface area contributed by atoms with Gasteiger partial charge in [-0.2, -0.15) is 5.10 Å². The van der Waals surface area contributed by atoms with Crippen LogP contribution in [-0.4, -0.2) is 40.8 Å². The van der Waals surface area contributed by atoms with E-state index in [0.29, 0.717) is 23.2 Å². The molecule has 0 amide bonds. The molecule has 0 atom stereocenters. The van der Waals surface area contributed by atoms with Gasteiger partial charge in [-0.3, -0.25) is 5.10 Å². The van der Waals surface area contributed by atoms with E-state index in [2.05, 4.69) is 20.1 Å². The van der Waals surface area contributed by atoms with E-state index in [9.17, 15) is 4.79 Å². The number of hydrogen-bond acceptors (Lipinski definition) is 5. The molecular weight excluding hydrogens is 244 g/mol. The lowest BCUT2D eigenvalue weighted by atomic mass is 10.2. The van der Waals surface area contributed by atoms with Gasteiger partial charge in [0.05, 0.1) is 23.8 Å². The Hall–Kier alpha value is -2.11. The number of carbonyl (C=O) groups is 1. The van der Waals surface area contributed by atoms with Gasteiger partial charge in [0.25, 0.3) is 0 Å². The van der Waals surface area contributed by atoms with Crippen molar-refractivity contribution in [3.05, 3.63) is 17.8 Å². The first-order valence-electron chi connectivity index (χ1n) is 6.56. The number of aromatic amines is 1. The lowest BCUT2D eigenvalue weighted by Crippen LogP contribution is -2.20. The van der Waals surface area contributed by atoms with Gasteiger partial charge in [0.1, 0.15) is 5.82 Å². The van der Waals surface area contributed by atoms with Crippen LogP contribution >= 0.6 is 0 Å². The van der Waals surface area contributed by atoms with Gasteiger partial charge in [-0.1, -0.05) is 0 Å². The van der Waals surface area contributed by atoms with Crippen LogP contribution in [0.25, 0.3) is 11.0 Å². The Morgan fingerprint density at radius 1 is 1.47 bits per heavy atom. The zero-order valence-corrected chi connectivity index (χ0v) is 10.8. The molecular formula is C13H16N4O2. The monoisotopic (exact) mass is 260 g/mol. The quantitative estimate of drug-likeness (QED) is 0.851. The first-order chi connectivity index (χ1) is 9.29. The average Bonchev–Trinajstić information content (AvgIpc) is 3.08. The molecule has 0 spiro atoms. The lowest BCUT2D eigenvalue weighted by Gasteiger charge is -2.17. The zero-order valence-electron chi connectivity index (χ0n) is 10.8. The van der Waals surface area contributed by atoms with Crippen LogP contribution in [0.3, 0.4) is 0 Å². The van der Waals surface area contributed by atoms with E-state index in [1.807, 2.05) is 0 Å². The maximum absolute atomic E-state index is 12.0. The third-order valence-electron chi connectivity index (χ3n) is 3.33. The molecule has 2 aromatic heterocycles. The fourth-order valence-corrected chi connectivity index (χ4v) is 2.40. The van der Waals surface area contributed by atoms with Crippen molar-refractivity contribution < 1.29 is 9.53 Å². The van der Waals surface area contributed by atoms with E-state index in [1.165, 1.54) is 0 Å². The summed E-state index contributed by atoms with van der Waals surface area (Å²) in [6.45, 7) is 4.12. The summed E-state index contributed by atoms with van der Waals surface area (Å²) < 4.78 is 5.10. The maximum Gasteiger partial charge on any atom is 0.339 e. The zero-order chi connectivity index (χ0) is 13.2. The molecule has 0 radical (unpaired) electrons. The minimum Gasteiger partial charge on any atom is -0.462 e. The molecule has 0 aliphatic carbocycles. The molecule has 3 heterocycles. The van der Waals surface area contributed by atoms with Crippen LogP contribution in [0.15, 0.2) is 12.3 Å². The van der Waals surface area contributed by atoms with Gasteiger partial charge in [0.2, 0.25) is 0 Å². The van der Waals surface area contributed by atoms with E-state index in [1.54, 1.807) is 19.2 Å². The van der Waals surface area contributed by atoms with Crippen LogP contribution in [0.5, 0.6) is 0 Å². The van der Waals surface area contributed by atoms with Crippen molar-refractivity contribution in [3.63, 3.8) is 0 Å². The van der Waals surface area contributed by atoms with Gasteiger partial charge in [0, 0.05) is 13.1 Å². The highest BCUT2D eigenvalue weighted by molar-refractivity contribution is 6.03. The number of carbonyl (C=O) groups excluding carboxylic acids is 1. The second kappa shape index (κ2) is 4.87. The fourth-order valence-electron chi connectivity index (χ4n) is 2.40. The summed E-state index contributed by atoms with van der Waals surface area (Å²) in [5, 5.41) is 7.49. The number of fused-ring (bicyclic) bond motifs is 1. The highest BCUT2D eigenvalue weighted by atomic mass is 16.5. The van der Waals surface area contributed by atoms with Gasteiger partial charge in [0.15, 0.2) is 5.65 Å². The first-order valence-corrected chi connectivity index (χ1v) is 6.56. The normalized spacial score (nSPS) is 15.1. The number of pyridine rings is 1. The molecule has 1 N–H and O–H groups in total. The Morgan fingerprint density at radius 3 is 3.00 bits per heavy atom. The predicted molar refractivity (Wildman–Crippen MR) is 71.3 cm³/mol. The SMILES string of the molecule is CCOC(=O)c1cc(N2CCCC2)nc2[nH]ncc12. The minimum atomic E-state index is -0.322. The third kappa shape index (κ3) is 2.14. The smallest absolute Gasteiger partial charge is 0.339 e. The highest BCUT2D eigenvalue weighted by Crippen LogP contribution is 2.24. The number of hydrogen-bond donors (Lipinski definition) is 1. The number of rotatable bonds is 3. The Bertz CT molecular complexity index is 602. The molecule has 0 aromatic carbocycles. The molecule has 1 fully saturated rings. The van der Waals surface area contributed by atoms with Crippen molar-refractivity contribution >= 4 is 22.8 Å². The predicted octanol–water partition coefficient (Wildman–Crippen LogP) is 1.73. The van der Waals surface area contributed by atoms with Crippen molar-refractivity contribution in [2.45, 2.75) is 19.8 Å². The number of H-pyrrole nitrogens is 1. The van der Waals surface area contributed by atoms with Crippen LogP contribution in [0.4, 0.5) is 5.82 Å². The largest absolute Gasteiger partial charge is 0.462 e. The van der Waals surface area contributed by atoms with Crippen molar-refractivity contribution in [2.24, 2.45) is 0 Å². The average molecular weight is 260 g/mol. The second-order valence-electron chi connectivity index (χ2n) is 4.57. The van der Waals surface area contributed by atoms with E-state index >= 15 is 0 Å². The third-order valence-corrected chi connectivity index (χ3v) is 3.33. The molecule has 0 unspecified atom stereocenters. The number of nitrogens with one attached hydrogen (secondary N) is 1. The van der Waals surface area contributed by atoms with Gasteiger partial charge in [-0.25, -0.2) is 9.78 Å². The Kier molecular flexibility index (Phi) is 3.06. The van der Waals surface area contributed by atoms with Gasteiger partial charge in [-0.15, -0.1) is 0 Å². The highest BCUT2D eigenvalue weighted by Gasteiger charge is 2.20. The summed E-state index contributed by atoms with van der Waals surface area (Å²) in [5.41, 5.74) is 1.16. The molecule has 6 nitrogen and oxygen atoms in total. The number of esters is 1. The Morgan fingerprint density at radius 2 is 2.26 bits per heavy atom. The van der Waals surface area contributed by atoms with Gasteiger partial charge >= 0.3 is 5.97 Å². The van der Waals surface area contributed by atoms with Crippen molar-refractivity contribution in [1.82, 2.24) is 15.2 Å². The maximum atomic E-state index is 12.0. The molecule has 1 aliphatic rings. The molecule has 100 valence electrons. The van der Waals surface area contributed by atoms with Gasteiger partial charge in [-0.05, 0) is 25.8 Å². The lowest BCUT2D eigenvalue weighted by molar-refractivity contribution is 0.0528. The first kappa shape index (κ1) is 12.0. The summed E-state index contributed by atoms with van der Waals surface area (Å²) in [4.78, 5) is 18.7. The van der Waals surface area contributed by atoms with E-state index in [-0.39, 0.29) is 5.97 Å². The van der Waals surface area contributed by atoms with Crippen LogP contribution in [-0.2, 0) is 4.74 Å². The van der Waals surface area contributed by atoms with Crippen LogP contribution in [0.1, 0.15) is 30.1 Å². The van der Waals surface area contributed by atoms with E-state index < -0.39 is 0 Å². The Labute approximate surface area is 110 Å². The van der Waals surface area contributed by atoms with E-state index in [0.717, 1.165) is 31.7 Å². The topological polar surface area (TPSA) is 71.1 Å². The number of anilines is 1. The van der Waals surface area contributed by atoms with Crippen LogP contribution < -0.4 is 4.90 Å². The summed E-state index contributed by atoms with van der Waals surface area (Å²) in [6, 6.07) is 1.81. The summed E-state index contributed by atoms with van der Waals surface area (Å²) in [5.74, 6) is 0.494. The molecule has 3 rings (SSSR count). The van der Waals surface area contributed by atoms with Crippen molar-refractivity contribution in [3.8, 4) is 0 Å². The molecule has 19 heavy (non-hydrogen) atoms. The second-order valence-corrected chi connectivity index (χ2v) is 4.57. The summed E-state index contributed by atoms with van der Waals surface area (Å²) in [6.07, 6.45) is 3.94. The summed E-state index contributed by atoms with van der Waals surface area (Å²) >= 11 is 0. The van der Waals surface area contributed by atoms with Gasteiger partial charge < -0.3 is 9.64 Å².